The Morgan fingerprint density at radius 2 is 1.64 bits per heavy atom. The molecule has 5 aliphatic rings. The molecule has 2 aromatic carbocycles. The van der Waals surface area contributed by atoms with E-state index in [1.807, 2.05) is 25.9 Å². The van der Waals surface area contributed by atoms with Crippen molar-refractivity contribution in [3.8, 4) is 11.5 Å². The molecule has 0 amide bonds. The van der Waals surface area contributed by atoms with E-state index in [2.05, 4.69) is 0 Å². The number of likely N-dealkylation sites (N-methyl/N-ethyl adjacent to an activating group) is 1. The second kappa shape index (κ2) is 16.3. The van der Waals surface area contributed by atoms with E-state index in [0.717, 1.165) is 0 Å². The predicted molar refractivity (Wildman–Crippen MR) is 205 cm³/mol. The summed E-state index contributed by atoms with van der Waals surface area (Å²) in [5.41, 5.74) is -1.82. The Morgan fingerprint density at radius 3 is 2.29 bits per heavy atom. The molecular weight excluding hydrogens is 754 g/mol. The zero-order valence-electron chi connectivity index (χ0n) is 34.0. The Balaban J connectivity index is 1.13. The fraction of sp³-hybridized carbons (Fsp3) is 0.628. The number of carbonyl (C=O) groups is 4. The molecule has 3 heterocycles. The number of phenolic OH excluding ortho intramolecular Hbond substituents is 2. The van der Waals surface area contributed by atoms with Crippen LogP contribution >= 0.6 is 0 Å². The van der Waals surface area contributed by atoms with Gasteiger partial charge in [-0.1, -0.05) is 19.1 Å². The van der Waals surface area contributed by atoms with E-state index in [1.54, 1.807) is 20.8 Å². The van der Waals surface area contributed by atoms with Gasteiger partial charge in [-0.15, -0.1) is 0 Å². The first-order valence-corrected chi connectivity index (χ1v) is 20.2. The molecule has 0 aromatic heterocycles. The van der Waals surface area contributed by atoms with Gasteiger partial charge in [0.25, 0.3) is 0 Å². The van der Waals surface area contributed by atoms with Crippen LogP contribution in [0.15, 0.2) is 24.3 Å². The maximum Gasteiger partial charge on any atom is 0.316 e. The van der Waals surface area contributed by atoms with Crippen molar-refractivity contribution in [1.29, 1.82) is 0 Å². The molecule has 0 saturated carbocycles. The van der Waals surface area contributed by atoms with Crippen molar-refractivity contribution in [1.82, 2.24) is 4.90 Å². The summed E-state index contributed by atoms with van der Waals surface area (Å²) in [5.74, 6) is -4.84. The van der Waals surface area contributed by atoms with Crippen LogP contribution in [0.1, 0.15) is 127 Å². The molecule has 3 fully saturated rings. The minimum Gasteiger partial charge on any atom is -0.507 e. The number of benzene rings is 2. The third-order valence-corrected chi connectivity index (χ3v) is 12.9. The second-order valence-electron chi connectivity index (χ2n) is 16.8. The topological polar surface area (TPSA) is 208 Å². The number of rotatable bonds is 9. The van der Waals surface area contributed by atoms with Gasteiger partial charge in [0.15, 0.2) is 24.1 Å². The first-order valence-electron chi connectivity index (χ1n) is 20.2. The molecule has 13 atom stereocenters. The number of aliphatic hydroxyl groups is 2. The highest BCUT2D eigenvalue weighted by Crippen LogP contribution is 2.55. The number of ketones is 3. The molecule has 1 unspecified atom stereocenters. The van der Waals surface area contributed by atoms with Crippen LogP contribution in [-0.2, 0) is 38.0 Å². The number of aromatic hydroxyl groups is 2. The van der Waals surface area contributed by atoms with Gasteiger partial charge >= 0.3 is 5.97 Å². The van der Waals surface area contributed by atoms with Crippen LogP contribution in [-0.4, -0.2) is 137 Å². The number of methoxy groups -OCH3 is 1. The predicted octanol–water partition coefficient (Wildman–Crippen LogP) is 3.62. The fourth-order valence-electron chi connectivity index (χ4n) is 9.89. The number of fused-ring (bicyclic) bond motifs is 3. The monoisotopic (exact) mass is 809 g/mol. The van der Waals surface area contributed by atoms with Crippen LogP contribution in [0.4, 0.5) is 0 Å². The van der Waals surface area contributed by atoms with E-state index < -0.39 is 102 Å². The molecule has 3 aliphatic heterocycles. The molecule has 15 nitrogen and oxygen atoms in total. The number of hydrogen-bond donors (Lipinski definition) is 4. The number of ether oxygens (including phenoxy) is 6. The van der Waals surface area contributed by atoms with Gasteiger partial charge in [0, 0.05) is 42.0 Å². The zero-order valence-corrected chi connectivity index (χ0v) is 34.0. The summed E-state index contributed by atoms with van der Waals surface area (Å²) in [5, 5.41) is 46.1. The lowest BCUT2D eigenvalue weighted by Crippen LogP contribution is -2.58. The van der Waals surface area contributed by atoms with E-state index >= 15 is 0 Å². The molecule has 0 spiro atoms. The lowest BCUT2D eigenvalue weighted by Gasteiger charge is -2.48. The van der Waals surface area contributed by atoms with Crippen molar-refractivity contribution in [2.75, 3.05) is 21.2 Å². The van der Waals surface area contributed by atoms with Gasteiger partial charge < -0.3 is 53.7 Å². The van der Waals surface area contributed by atoms with Gasteiger partial charge in [0.05, 0.1) is 48.3 Å². The number of aliphatic hydroxyl groups excluding tert-OH is 1. The third kappa shape index (κ3) is 7.49. The highest BCUT2D eigenvalue weighted by molar-refractivity contribution is 6.30. The summed E-state index contributed by atoms with van der Waals surface area (Å²) in [4.78, 5) is 55.2. The number of esters is 1. The minimum absolute atomic E-state index is 0.0146. The first-order chi connectivity index (χ1) is 27.5. The van der Waals surface area contributed by atoms with Gasteiger partial charge in [-0.2, -0.15) is 0 Å². The average molecular weight is 810 g/mol. The molecule has 3 saturated heterocycles. The van der Waals surface area contributed by atoms with Crippen LogP contribution in [0.25, 0.3) is 0 Å². The maximum atomic E-state index is 14.0. The van der Waals surface area contributed by atoms with E-state index in [1.165, 1.54) is 31.4 Å². The van der Waals surface area contributed by atoms with Crippen molar-refractivity contribution in [2.45, 2.75) is 151 Å². The number of carbonyl (C=O) groups excluding carboxylic acids is 4. The van der Waals surface area contributed by atoms with E-state index in [9.17, 15) is 39.6 Å². The Hall–Kier alpha value is -3.80. The molecule has 2 aromatic rings. The number of hydrogen-bond acceptors (Lipinski definition) is 15. The number of Topliss-reactive ketones (excluding diaryl/α,β-unsaturated/α-hetero) is 1. The zero-order chi connectivity index (χ0) is 42.0. The van der Waals surface area contributed by atoms with Crippen LogP contribution in [0.2, 0.25) is 0 Å². The molecule has 2 aliphatic carbocycles. The highest BCUT2D eigenvalue weighted by atomic mass is 16.7. The second-order valence-corrected chi connectivity index (χ2v) is 16.8. The standard InChI is InChI=1S/C43H55NO14/c1-8-43(52)18-22(33-25(36(43)42(51)53-7)16-26-35(38(33)49)39(50)34-24(37(26)48)10-9-11-29(34)46)14-23-15-27(44(5)6)40(20(3)54-23)58-32-17-30(47)41(21(4)56-32)57-31-13-12-28(45)19(2)55-31/h9-11,16,19-23,27,30-32,36,40-41,46-47,49,52H,8,12-15,17-18H2,1-7H3/t19-,20-,21-,22-,23-,27?,30-,31-,32-,36-,40+,41+,43+/m0/s1. The van der Waals surface area contributed by atoms with E-state index in [0.29, 0.717) is 19.3 Å². The van der Waals surface area contributed by atoms with Gasteiger partial charge in [-0.05, 0) is 84.2 Å². The van der Waals surface area contributed by atoms with Crippen LogP contribution in [0.3, 0.4) is 0 Å². The third-order valence-electron chi connectivity index (χ3n) is 12.9. The molecule has 4 N–H and O–H groups in total. The van der Waals surface area contributed by atoms with Crippen molar-refractivity contribution in [3.05, 3.63) is 57.6 Å². The van der Waals surface area contributed by atoms with Crippen LogP contribution in [0.5, 0.6) is 11.5 Å². The lowest BCUT2D eigenvalue weighted by atomic mass is 9.63. The van der Waals surface area contributed by atoms with Gasteiger partial charge in [-0.25, -0.2) is 0 Å². The normalized spacial score (nSPS) is 36.3. The SMILES string of the molecule is CC[C@@]1(O)C[C@H](C[C@H]2CC(N(C)C)[C@H](O[C@H]3C[C@H](O)[C@H](O[C@H]4CCC(=O)[C@H](C)O4)[C@H](C)O3)[C@H](C)O2)c2c(cc3c(c2O)C(=O)c2c(O)cccc2C3=O)[C@H]1C(=O)OC. The van der Waals surface area contributed by atoms with E-state index in [4.69, 9.17) is 28.4 Å². The van der Waals surface area contributed by atoms with Gasteiger partial charge in [-0.3, -0.25) is 19.2 Å². The average Bonchev–Trinajstić information content (AvgIpc) is 3.17. The van der Waals surface area contributed by atoms with Crippen molar-refractivity contribution in [2.24, 2.45) is 0 Å². The van der Waals surface area contributed by atoms with Crippen LogP contribution < -0.4 is 0 Å². The minimum atomic E-state index is -1.63. The quantitative estimate of drug-likeness (QED) is 0.228. The van der Waals surface area contributed by atoms with Crippen molar-refractivity contribution in [3.63, 3.8) is 0 Å². The summed E-state index contributed by atoms with van der Waals surface area (Å²) >= 11 is 0. The number of phenols is 2. The molecule has 58 heavy (non-hydrogen) atoms. The Labute approximate surface area is 337 Å². The Morgan fingerprint density at radius 1 is 0.931 bits per heavy atom. The summed E-state index contributed by atoms with van der Waals surface area (Å²) in [7, 11) is 5.06. The molecule has 0 bridgehead atoms. The van der Waals surface area contributed by atoms with Crippen molar-refractivity contribution < 1.29 is 68.0 Å². The summed E-state index contributed by atoms with van der Waals surface area (Å²) < 4.78 is 36.4. The van der Waals surface area contributed by atoms with Gasteiger partial charge in [0.2, 0.25) is 5.78 Å². The smallest absolute Gasteiger partial charge is 0.316 e. The molecule has 15 heteroatoms. The molecule has 316 valence electrons. The molecule has 7 rings (SSSR count). The molecular formula is C43H55NO14. The van der Waals surface area contributed by atoms with Gasteiger partial charge in [0.1, 0.15) is 35.7 Å². The fourth-order valence-corrected chi connectivity index (χ4v) is 9.89. The number of nitrogens with zero attached hydrogens (tertiary/aromatic N) is 1. The van der Waals surface area contributed by atoms with E-state index in [-0.39, 0.29) is 70.9 Å². The first kappa shape index (κ1) is 42.3. The summed E-state index contributed by atoms with van der Waals surface area (Å²) in [6, 6.07) is 5.38. The van der Waals surface area contributed by atoms with Crippen molar-refractivity contribution >= 4 is 23.3 Å². The Bertz CT molecular complexity index is 1940. The summed E-state index contributed by atoms with van der Waals surface area (Å²) in [6.07, 6.45) is -3.82. The largest absolute Gasteiger partial charge is 0.507 e. The summed E-state index contributed by atoms with van der Waals surface area (Å²) in [6.45, 7) is 7.12. The lowest BCUT2D eigenvalue weighted by molar-refractivity contribution is -0.312. The maximum absolute atomic E-state index is 14.0. The molecule has 0 radical (unpaired) electrons. The Kier molecular flexibility index (Phi) is 11.9. The van der Waals surface area contributed by atoms with Crippen LogP contribution in [0, 0.1) is 0 Å². The highest BCUT2D eigenvalue weighted by Gasteiger charge is 2.53.